The zero-order valence-corrected chi connectivity index (χ0v) is 14.1. The highest BCUT2D eigenvalue weighted by Crippen LogP contribution is 2.23. The third-order valence-corrected chi connectivity index (χ3v) is 4.84. The average Bonchev–Trinajstić information content (AvgIpc) is 3.09. The Morgan fingerprint density at radius 1 is 1.39 bits per heavy atom. The average molecular weight is 342 g/mol. The van der Waals surface area contributed by atoms with Gasteiger partial charge in [-0.1, -0.05) is 12.1 Å². The molecule has 2 rings (SSSR count). The molecule has 0 radical (unpaired) electrons. The van der Waals surface area contributed by atoms with Gasteiger partial charge in [-0.25, -0.2) is 17.9 Å². The van der Waals surface area contributed by atoms with E-state index in [-0.39, 0.29) is 23.0 Å². The number of aromatic nitrogens is 1. The normalized spacial score (nSPS) is 11.7. The van der Waals surface area contributed by atoms with E-state index in [0.717, 1.165) is 0 Å². The van der Waals surface area contributed by atoms with Gasteiger partial charge in [-0.15, -0.1) is 0 Å². The molecule has 0 saturated heterocycles. The minimum atomic E-state index is -3.85. The molecule has 0 atom stereocenters. The second-order valence-corrected chi connectivity index (χ2v) is 6.61. The second-order valence-electron chi connectivity index (χ2n) is 4.87. The van der Waals surface area contributed by atoms with Gasteiger partial charge in [0.25, 0.3) is 0 Å². The maximum Gasteiger partial charge on any atom is 0.373 e. The molecule has 0 aromatic carbocycles. The van der Waals surface area contributed by atoms with Crippen LogP contribution in [0.5, 0.6) is 0 Å². The predicted octanol–water partition coefficient (Wildman–Crippen LogP) is 1.71. The number of hydrogen-bond donors (Lipinski definition) is 1. The largest absolute Gasteiger partial charge is 0.463 e. The number of methoxy groups -OCH3 is 1. The van der Waals surface area contributed by atoms with Crippen molar-refractivity contribution in [3.05, 3.63) is 34.6 Å². The van der Waals surface area contributed by atoms with Crippen LogP contribution in [0.15, 0.2) is 19.9 Å². The van der Waals surface area contributed by atoms with Crippen LogP contribution in [0.2, 0.25) is 0 Å². The lowest BCUT2D eigenvalue weighted by Crippen LogP contribution is -2.24. The van der Waals surface area contributed by atoms with Crippen molar-refractivity contribution in [2.75, 3.05) is 7.11 Å². The molecule has 0 unspecified atom stereocenters. The van der Waals surface area contributed by atoms with Crippen LogP contribution in [0.1, 0.15) is 40.3 Å². The van der Waals surface area contributed by atoms with Gasteiger partial charge in [0.05, 0.1) is 12.8 Å². The summed E-state index contributed by atoms with van der Waals surface area (Å²) in [5.74, 6) is -0.144. The first-order valence-electron chi connectivity index (χ1n) is 6.92. The van der Waals surface area contributed by atoms with E-state index in [4.69, 9.17) is 8.94 Å². The van der Waals surface area contributed by atoms with Crippen LogP contribution in [0.4, 0.5) is 0 Å². The van der Waals surface area contributed by atoms with Crippen molar-refractivity contribution in [2.24, 2.45) is 0 Å². The molecule has 9 heteroatoms. The summed E-state index contributed by atoms with van der Waals surface area (Å²) in [5, 5.41) is 3.77. The summed E-state index contributed by atoms with van der Waals surface area (Å²) in [6.07, 6.45) is 0.318. The van der Waals surface area contributed by atoms with Gasteiger partial charge in [-0.05, 0) is 13.8 Å². The van der Waals surface area contributed by atoms with Crippen LogP contribution >= 0.6 is 0 Å². The number of furan rings is 1. The van der Waals surface area contributed by atoms with Gasteiger partial charge in [0.1, 0.15) is 16.4 Å². The first-order chi connectivity index (χ1) is 10.8. The zero-order chi connectivity index (χ0) is 17.2. The number of carbonyl (C=O) groups is 1. The van der Waals surface area contributed by atoms with Crippen LogP contribution in [0.25, 0.3) is 0 Å². The summed E-state index contributed by atoms with van der Waals surface area (Å²) in [4.78, 5) is 11.4. The van der Waals surface area contributed by atoms with Gasteiger partial charge in [-0.2, -0.15) is 0 Å². The van der Waals surface area contributed by atoms with E-state index in [2.05, 4.69) is 14.6 Å². The molecule has 0 bridgehead atoms. The molecule has 0 aliphatic carbocycles. The zero-order valence-electron chi connectivity index (χ0n) is 13.3. The molecule has 0 spiro atoms. The van der Waals surface area contributed by atoms with Gasteiger partial charge in [0.15, 0.2) is 0 Å². The Balaban J connectivity index is 2.29. The van der Waals surface area contributed by atoms with Crippen LogP contribution < -0.4 is 4.72 Å². The molecule has 126 valence electrons. The summed E-state index contributed by atoms with van der Waals surface area (Å²) < 4.78 is 42.2. The number of rotatable bonds is 6. The van der Waals surface area contributed by atoms with Crippen molar-refractivity contribution in [3.63, 3.8) is 0 Å². The number of carbonyl (C=O) groups excluding carboxylic acids is 1. The van der Waals surface area contributed by atoms with Crippen LogP contribution in [-0.4, -0.2) is 26.7 Å². The molecule has 0 fully saturated rings. The first kappa shape index (κ1) is 17.2. The van der Waals surface area contributed by atoms with Gasteiger partial charge in [0.2, 0.25) is 15.8 Å². The molecule has 1 N–H and O–H groups in total. The third kappa shape index (κ3) is 3.45. The first-order valence-corrected chi connectivity index (χ1v) is 8.40. The fourth-order valence-corrected chi connectivity index (χ4v) is 3.32. The van der Waals surface area contributed by atoms with Gasteiger partial charge in [-0.3, -0.25) is 0 Å². The highest BCUT2D eigenvalue weighted by molar-refractivity contribution is 7.89. The molecule has 2 heterocycles. The number of nitrogens with one attached hydrogen (secondary N) is 1. The Kier molecular flexibility index (Phi) is 4.90. The molecule has 2 aromatic rings. The minimum absolute atomic E-state index is 0.0331. The molecule has 8 nitrogen and oxygen atoms in total. The van der Waals surface area contributed by atoms with Crippen LogP contribution in [-0.2, 0) is 27.7 Å². The van der Waals surface area contributed by atoms with Crippen molar-refractivity contribution in [1.29, 1.82) is 0 Å². The van der Waals surface area contributed by atoms with E-state index in [1.54, 1.807) is 20.8 Å². The number of hydrogen-bond acceptors (Lipinski definition) is 7. The summed E-state index contributed by atoms with van der Waals surface area (Å²) >= 11 is 0. The fraction of sp³-hybridized carbons (Fsp3) is 0.429. The molecular weight excluding hydrogens is 324 g/mol. The topological polar surface area (TPSA) is 112 Å². The smallest absolute Gasteiger partial charge is 0.373 e. The maximum atomic E-state index is 12.5. The number of nitrogens with zero attached hydrogens (tertiary/aromatic N) is 1. The van der Waals surface area contributed by atoms with E-state index in [1.807, 2.05) is 0 Å². The highest BCUT2D eigenvalue weighted by Gasteiger charge is 2.26. The van der Waals surface area contributed by atoms with Crippen LogP contribution in [0, 0.1) is 13.8 Å². The monoisotopic (exact) mass is 342 g/mol. The Bertz CT molecular complexity index is 799. The minimum Gasteiger partial charge on any atom is -0.463 e. The number of aryl methyl sites for hydroxylation is 3. The summed E-state index contributed by atoms with van der Waals surface area (Å²) in [7, 11) is -2.66. The lowest BCUT2D eigenvalue weighted by Gasteiger charge is -2.05. The lowest BCUT2D eigenvalue weighted by molar-refractivity contribution is 0.0563. The second kappa shape index (κ2) is 6.55. The number of ether oxygens (including phenoxy) is 1. The molecule has 23 heavy (non-hydrogen) atoms. The Morgan fingerprint density at radius 3 is 2.61 bits per heavy atom. The van der Waals surface area contributed by atoms with E-state index in [9.17, 15) is 13.2 Å². The van der Waals surface area contributed by atoms with Gasteiger partial charge in [0, 0.05) is 24.6 Å². The van der Waals surface area contributed by atoms with Crippen molar-refractivity contribution in [3.8, 4) is 0 Å². The molecule has 2 aromatic heterocycles. The van der Waals surface area contributed by atoms with Gasteiger partial charge < -0.3 is 13.7 Å². The van der Waals surface area contributed by atoms with E-state index < -0.39 is 16.0 Å². The van der Waals surface area contributed by atoms with Crippen molar-refractivity contribution in [2.45, 2.75) is 38.6 Å². The Morgan fingerprint density at radius 2 is 2.09 bits per heavy atom. The molecule has 0 amide bonds. The van der Waals surface area contributed by atoms with E-state index in [0.29, 0.717) is 23.4 Å². The van der Waals surface area contributed by atoms with E-state index >= 15 is 0 Å². The van der Waals surface area contributed by atoms with E-state index in [1.165, 1.54) is 13.2 Å². The Hall–Kier alpha value is -2.13. The molecular formula is C14H18N2O6S. The van der Waals surface area contributed by atoms with Crippen molar-refractivity contribution in [1.82, 2.24) is 9.88 Å². The summed E-state index contributed by atoms with van der Waals surface area (Å²) in [6, 6.07) is 1.17. The molecule has 0 saturated carbocycles. The Labute approximate surface area is 133 Å². The quantitative estimate of drug-likeness (QED) is 0.795. The SMILES string of the molecule is CCc1oc(C(=O)OC)cc1S(=O)(=O)NCc1c(C)noc1C. The number of esters is 1. The lowest BCUT2D eigenvalue weighted by atomic mass is 10.2. The van der Waals surface area contributed by atoms with Gasteiger partial charge >= 0.3 is 5.97 Å². The summed E-state index contributed by atoms with van der Waals surface area (Å²) in [6.45, 7) is 5.19. The molecule has 0 aliphatic heterocycles. The number of sulfonamides is 1. The standard InChI is InChI=1S/C14H18N2O6S/c1-5-11-13(6-12(21-11)14(17)20-4)23(18,19)15-7-10-8(2)16-22-9(10)3/h6,15H,5,7H2,1-4H3. The van der Waals surface area contributed by atoms with Crippen LogP contribution in [0.3, 0.4) is 0 Å². The highest BCUT2D eigenvalue weighted by atomic mass is 32.2. The van der Waals surface area contributed by atoms with Crippen molar-refractivity contribution >= 4 is 16.0 Å². The van der Waals surface area contributed by atoms with Crippen molar-refractivity contribution < 1.29 is 26.9 Å². The maximum absolute atomic E-state index is 12.5. The fourth-order valence-electron chi connectivity index (χ4n) is 2.09. The molecule has 0 aliphatic rings. The summed E-state index contributed by atoms with van der Waals surface area (Å²) in [5.41, 5.74) is 1.28. The predicted molar refractivity (Wildman–Crippen MR) is 79.4 cm³/mol. The third-order valence-electron chi connectivity index (χ3n) is 3.39.